The Bertz CT molecular complexity index is 604. The Morgan fingerprint density at radius 3 is 2.48 bits per heavy atom. The van der Waals surface area contributed by atoms with Gasteiger partial charge in [0.15, 0.2) is 5.96 Å². The van der Waals surface area contributed by atoms with Gasteiger partial charge in [0.05, 0.1) is 12.8 Å². The lowest BCUT2D eigenvalue weighted by molar-refractivity contribution is -0.120. The summed E-state index contributed by atoms with van der Waals surface area (Å²) in [6.45, 7) is 6.92. The van der Waals surface area contributed by atoms with Gasteiger partial charge in [-0.1, -0.05) is 19.1 Å². The molecule has 1 aliphatic rings. The highest BCUT2D eigenvalue weighted by molar-refractivity contribution is 14.0. The number of rotatable bonds is 7. The molecule has 2 N–H and O–H groups in total. The number of para-hydroxylation sites is 2. The fourth-order valence-corrected chi connectivity index (χ4v) is 3.02. The lowest BCUT2D eigenvalue weighted by Crippen LogP contribution is -2.53. The largest absolute Gasteiger partial charge is 0.495 e. The molecule has 0 atom stereocenters. The van der Waals surface area contributed by atoms with Crippen LogP contribution in [0.3, 0.4) is 0 Å². The zero-order chi connectivity index (χ0) is 18.8. The summed E-state index contributed by atoms with van der Waals surface area (Å²) in [5, 5.41) is 6.18. The molecule has 7 nitrogen and oxygen atoms in total. The van der Waals surface area contributed by atoms with Gasteiger partial charge in [-0.15, -0.1) is 24.0 Å². The molecule has 0 saturated carbocycles. The molecule has 1 fully saturated rings. The maximum Gasteiger partial charge on any atom is 0.221 e. The number of aliphatic imine (C=N–C) groups is 1. The van der Waals surface area contributed by atoms with Gasteiger partial charge < -0.3 is 25.2 Å². The summed E-state index contributed by atoms with van der Waals surface area (Å²) in [4.78, 5) is 20.6. The second-order valence-electron chi connectivity index (χ2n) is 6.22. The quantitative estimate of drug-likeness (QED) is 0.348. The van der Waals surface area contributed by atoms with Crippen LogP contribution in [0, 0.1) is 0 Å². The monoisotopic (exact) mass is 489 g/mol. The number of nitrogens with zero attached hydrogens (tertiary/aromatic N) is 3. The number of guanidine groups is 1. The third-order valence-corrected chi connectivity index (χ3v) is 4.42. The van der Waals surface area contributed by atoms with Crippen molar-refractivity contribution in [1.29, 1.82) is 0 Å². The molecule has 152 valence electrons. The Morgan fingerprint density at radius 2 is 1.85 bits per heavy atom. The van der Waals surface area contributed by atoms with E-state index >= 15 is 0 Å². The van der Waals surface area contributed by atoms with Crippen molar-refractivity contribution in [3.8, 4) is 5.75 Å². The van der Waals surface area contributed by atoms with E-state index < -0.39 is 0 Å². The van der Waals surface area contributed by atoms with Gasteiger partial charge in [-0.25, -0.2) is 0 Å². The van der Waals surface area contributed by atoms with Crippen molar-refractivity contribution >= 4 is 41.5 Å². The summed E-state index contributed by atoms with van der Waals surface area (Å²) in [6.07, 6.45) is 1.41. The predicted octanol–water partition coefficient (Wildman–Crippen LogP) is 1.93. The first kappa shape index (κ1) is 23.3. The molecular formula is C19H32IN5O2. The van der Waals surface area contributed by atoms with Gasteiger partial charge in [-0.05, 0) is 18.6 Å². The van der Waals surface area contributed by atoms with Crippen molar-refractivity contribution in [2.45, 2.75) is 19.8 Å². The molecule has 1 aromatic rings. The maximum atomic E-state index is 11.7. The van der Waals surface area contributed by atoms with Crippen LogP contribution < -0.4 is 20.3 Å². The first-order valence-corrected chi connectivity index (χ1v) is 9.29. The van der Waals surface area contributed by atoms with Crippen LogP contribution in [0.5, 0.6) is 5.75 Å². The highest BCUT2D eigenvalue weighted by Gasteiger charge is 2.21. The first-order valence-electron chi connectivity index (χ1n) is 9.29. The van der Waals surface area contributed by atoms with Crippen LogP contribution in [0.2, 0.25) is 0 Å². The summed E-state index contributed by atoms with van der Waals surface area (Å²) >= 11 is 0. The van der Waals surface area contributed by atoms with E-state index in [1.54, 1.807) is 14.2 Å². The van der Waals surface area contributed by atoms with E-state index in [0.29, 0.717) is 13.0 Å². The predicted molar refractivity (Wildman–Crippen MR) is 121 cm³/mol. The van der Waals surface area contributed by atoms with Gasteiger partial charge in [0.1, 0.15) is 5.75 Å². The summed E-state index contributed by atoms with van der Waals surface area (Å²) in [5.74, 6) is 1.84. The molecule has 1 saturated heterocycles. The fourth-order valence-electron chi connectivity index (χ4n) is 3.02. The van der Waals surface area contributed by atoms with Crippen LogP contribution in [-0.2, 0) is 4.79 Å². The van der Waals surface area contributed by atoms with Crippen molar-refractivity contribution in [3.05, 3.63) is 24.3 Å². The standard InChI is InChI=1S/C19H31N5O2.HI/c1-4-10-21-18(25)9-11-22-19(20-2)24-14-12-23(13-15-24)16-7-5-6-8-17(16)26-3;/h5-8H,4,9-15H2,1-3H3,(H,20,22)(H,21,25);1H. The number of halogens is 1. The molecule has 1 amide bonds. The van der Waals surface area contributed by atoms with Crippen LogP contribution in [0.15, 0.2) is 29.3 Å². The molecular weight excluding hydrogens is 457 g/mol. The Labute approximate surface area is 179 Å². The number of methoxy groups -OCH3 is 1. The van der Waals surface area contributed by atoms with Gasteiger partial charge >= 0.3 is 0 Å². The summed E-state index contributed by atoms with van der Waals surface area (Å²) in [6, 6.07) is 8.11. The van der Waals surface area contributed by atoms with E-state index in [1.165, 1.54) is 0 Å². The third-order valence-electron chi connectivity index (χ3n) is 4.42. The number of benzene rings is 1. The summed E-state index contributed by atoms with van der Waals surface area (Å²) < 4.78 is 5.47. The van der Waals surface area contributed by atoms with Crippen LogP contribution in [0.1, 0.15) is 19.8 Å². The fraction of sp³-hybridized carbons (Fsp3) is 0.579. The van der Waals surface area contributed by atoms with Crippen LogP contribution in [-0.4, -0.2) is 70.2 Å². The van der Waals surface area contributed by atoms with E-state index in [4.69, 9.17) is 4.74 Å². The molecule has 0 radical (unpaired) electrons. The summed E-state index contributed by atoms with van der Waals surface area (Å²) in [5.41, 5.74) is 1.13. The molecule has 8 heteroatoms. The highest BCUT2D eigenvalue weighted by Crippen LogP contribution is 2.28. The number of carbonyl (C=O) groups is 1. The van der Waals surface area contributed by atoms with E-state index in [2.05, 4.69) is 31.5 Å². The minimum absolute atomic E-state index is 0. The van der Waals surface area contributed by atoms with Gasteiger partial charge in [0.2, 0.25) is 5.91 Å². The maximum absolute atomic E-state index is 11.7. The second kappa shape index (κ2) is 12.6. The topological polar surface area (TPSA) is 69.2 Å². The van der Waals surface area contributed by atoms with Crippen molar-refractivity contribution in [2.75, 3.05) is 58.3 Å². The number of ether oxygens (including phenoxy) is 1. The Kier molecular flexibility index (Phi) is 10.9. The van der Waals surface area contributed by atoms with Crippen molar-refractivity contribution in [2.24, 2.45) is 4.99 Å². The minimum Gasteiger partial charge on any atom is -0.495 e. The molecule has 0 aliphatic carbocycles. The molecule has 1 heterocycles. The molecule has 0 bridgehead atoms. The average Bonchev–Trinajstić information content (AvgIpc) is 2.70. The third kappa shape index (κ3) is 7.08. The second-order valence-corrected chi connectivity index (χ2v) is 6.22. The van der Waals surface area contributed by atoms with E-state index in [0.717, 1.165) is 56.5 Å². The number of nitrogens with one attached hydrogen (secondary N) is 2. The molecule has 2 rings (SSSR count). The SMILES string of the molecule is CCCNC(=O)CCNC(=NC)N1CCN(c2ccccc2OC)CC1.I. The number of anilines is 1. The molecule has 0 aromatic heterocycles. The molecule has 0 spiro atoms. The van der Waals surface area contributed by atoms with E-state index in [9.17, 15) is 4.79 Å². The first-order chi connectivity index (χ1) is 12.7. The van der Waals surface area contributed by atoms with Crippen LogP contribution >= 0.6 is 24.0 Å². The normalized spacial score (nSPS) is 14.4. The molecule has 1 aliphatic heterocycles. The Hall–Kier alpha value is -1.71. The van der Waals surface area contributed by atoms with Crippen LogP contribution in [0.4, 0.5) is 5.69 Å². The average molecular weight is 489 g/mol. The smallest absolute Gasteiger partial charge is 0.221 e. The van der Waals surface area contributed by atoms with Gasteiger partial charge in [0.25, 0.3) is 0 Å². The number of piperazine rings is 1. The zero-order valence-electron chi connectivity index (χ0n) is 16.5. The van der Waals surface area contributed by atoms with E-state index in [-0.39, 0.29) is 29.9 Å². The van der Waals surface area contributed by atoms with E-state index in [1.807, 2.05) is 25.1 Å². The van der Waals surface area contributed by atoms with Crippen LogP contribution in [0.25, 0.3) is 0 Å². The lowest BCUT2D eigenvalue weighted by atomic mass is 10.2. The summed E-state index contributed by atoms with van der Waals surface area (Å²) in [7, 11) is 3.49. The number of hydrogen-bond acceptors (Lipinski definition) is 4. The number of hydrogen-bond donors (Lipinski definition) is 2. The van der Waals surface area contributed by atoms with Crippen molar-refractivity contribution < 1.29 is 9.53 Å². The number of amides is 1. The highest BCUT2D eigenvalue weighted by atomic mass is 127. The molecule has 1 aromatic carbocycles. The zero-order valence-corrected chi connectivity index (χ0v) is 18.9. The molecule has 27 heavy (non-hydrogen) atoms. The molecule has 0 unspecified atom stereocenters. The Morgan fingerprint density at radius 1 is 1.15 bits per heavy atom. The minimum atomic E-state index is 0. The van der Waals surface area contributed by atoms with Gasteiger partial charge in [-0.3, -0.25) is 9.79 Å². The van der Waals surface area contributed by atoms with Gasteiger partial charge in [-0.2, -0.15) is 0 Å². The lowest BCUT2D eigenvalue weighted by Gasteiger charge is -2.38. The Balaban J connectivity index is 0.00000364. The number of carbonyl (C=O) groups excluding carboxylic acids is 1. The van der Waals surface area contributed by atoms with Crippen molar-refractivity contribution in [3.63, 3.8) is 0 Å². The van der Waals surface area contributed by atoms with Crippen molar-refractivity contribution in [1.82, 2.24) is 15.5 Å². The van der Waals surface area contributed by atoms with Gasteiger partial charge in [0, 0.05) is 52.7 Å².